The van der Waals surface area contributed by atoms with Crippen LogP contribution in [-0.2, 0) is 6.42 Å². The smallest absolute Gasteiger partial charge is 0.278 e. The summed E-state index contributed by atoms with van der Waals surface area (Å²) in [5.41, 5.74) is 6.28. The van der Waals surface area contributed by atoms with E-state index in [9.17, 15) is 4.79 Å². The highest BCUT2D eigenvalue weighted by molar-refractivity contribution is 9.10. The molecular formula is C22H20BrN5O. The Morgan fingerprint density at radius 1 is 1.03 bits per heavy atom. The van der Waals surface area contributed by atoms with Crippen LogP contribution in [0.25, 0.3) is 16.8 Å². The van der Waals surface area contributed by atoms with E-state index in [0.717, 1.165) is 33.3 Å². The first-order chi connectivity index (χ1) is 14.0. The molecule has 7 heteroatoms. The minimum Gasteiger partial charge on any atom is -0.321 e. The summed E-state index contributed by atoms with van der Waals surface area (Å²) in [4.78, 5) is 12.8. The first kappa shape index (κ1) is 19.3. The van der Waals surface area contributed by atoms with Gasteiger partial charge in [-0.05, 0) is 50.1 Å². The van der Waals surface area contributed by atoms with Crippen molar-refractivity contribution in [1.29, 1.82) is 0 Å². The van der Waals surface area contributed by atoms with Gasteiger partial charge in [-0.15, -0.1) is 10.2 Å². The van der Waals surface area contributed by atoms with Gasteiger partial charge in [-0.25, -0.2) is 4.52 Å². The molecule has 2 aromatic heterocycles. The predicted molar refractivity (Wildman–Crippen MR) is 117 cm³/mol. The Morgan fingerprint density at radius 3 is 2.38 bits per heavy atom. The van der Waals surface area contributed by atoms with Crippen LogP contribution in [0, 0.1) is 13.8 Å². The molecule has 1 N–H and O–H groups in total. The zero-order valence-corrected chi connectivity index (χ0v) is 18.0. The van der Waals surface area contributed by atoms with Crippen molar-refractivity contribution in [3.05, 3.63) is 75.6 Å². The number of carbonyl (C=O) groups excluding carboxylic acids is 1. The van der Waals surface area contributed by atoms with Crippen LogP contribution in [0.3, 0.4) is 0 Å². The van der Waals surface area contributed by atoms with E-state index in [4.69, 9.17) is 5.10 Å². The van der Waals surface area contributed by atoms with Gasteiger partial charge in [0.25, 0.3) is 5.91 Å². The van der Waals surface area contributed by atoms with E-state index < -0.39 is 0 Å². The Bertz CT molecular complexity index is 1200. The first-order valence-electron chi connectivity index (χ1n) is 9.36. The van der Waals surface area contributed by atoms with Gasteiger partial charge in [-0.2, -0.15) is 5.10 Å². The fourth-order valence-corrected chi connectivity index (χ4v) is 3.51. The molecule has 0 aliphatic heterocycles. The molecule has 0 saturated carbocycles. The molecule has 0 atom stereocenters. The Balaban J connectivity index is 1.77. The highest BCUT2D eigenvalue weighted by atomic mass is 79.9. The molecule has 2 aromatic carbocycles. The van der Waals surface area contributed by atoms with Crippen molar-refractivity contribution in [2.24, 2.45) is 0 Å². The van der Waals surface area contributed by atoms with Gasteiger partial charge in [0.2, 0.25) is 0 Å². The van der Waals surface area contributed by atoms with Gasteiger partial charge in [0.05, 0.1) is 17.0 Å². The van der Waals surface area contributed by atoms with E-state index in [2.05, 4.69) is 38.4 Å². The average Bonchev–Trinajstić information content (AvgIpc) is 3.10. The zero-order valence-electron chi connectivity index (χ0n) is 16.4. The van der Waals surface area contributed by atoms with Gasteiger partial charge >= 0.3 is 0 Å². The molecule has 29 heavy (non-hydrogen) atoms. The third-order valence-corrected chi connectivity index (χ3v) is 5.36. The molecule has 6 nitrogen and oxygen atoms in total. The SMILES string of the molecule is CCc1nn2c(C)c(C(=O)Nc3ccc(C)cc3)nnc2c1-c1ccc(Br)cc1. The third-order valence-electron chi connectivity index (χ3n) is 4.83. The van der Waals surface area contributed by atoms with Gasteiger partial charge in [-0.1, -0.05) is 52.7 Å². The minimum atomic E-state index is -0.306. The number of aryl methyl sites for hydroxylation is 3. The van der Waals surface area contributed by atoms with Gasteiger partial charge < -0.3 is 5.32 Å². The minimum absolute atomic E-state index is 0.255. The topological polar surface area (TPSA) is 72.2 Å². The molecule has 0 radical (unpaired) electrons. The molecular weight excluding hydrogens is 430 g/mol. The number of carbonyl (C=O) groups is 1. The van der Waals surface area contributed by atoms with Gasteiger partial charge in [0, 0.05) is 10.2 Å². The van der Waals surface area contributed by atoms with Crippen molar-refractivity contribution in [3.8, 4) is 11.1 Å². The summed E-state index contributed by atoms with van der Waals surface area (Å²) in [7, 11) is 0. The standard InChI is InChI=1S/C22H20BrN5O/c1-4-18-19(15-7-9-16(23)10-8-15)21-26-25-20(14(3)28(21)27-18)22(29)24-17-11-5-13(2)6-12-17/h5-12H,4H2,1-3H3,(H,24,29). The van der Waals surface area contributed by atoms with E-state index in [1.807, 2.05) is 62.4 Å². The molecule has 0 bridgehead atoms. The van der Waals surface area contributed by atoms with E-state index in [-0.39, 0.29) is 11.6 Å². The summed E-state index contributed by atoms with van der Waals surface area (Å²) in [6.45, 7) is 5.89. The number of nitrogens with zero attached hydrogens (tertiary/aromatic N) is 4. The van der Waals surface area contributed by atoms with Crippen LogP contribution < -0.4 is 5.32 Å². The molecule has 1 amide bonds. The summed E-state index contributed by atoms with van der Waals surface area (Å²) in [5.74, 6) is -0.306. The number of fused-ring (bicyclic) bond motifs is 1. The third kappa shape index (κ3) is 3.65. The van der Waals surface area contributed by atoms with Gasteiger partial charge in [0.1, 0.15) is 0 Å². The van der Waals surface area contributed by atoms with Crippen molar-refractivity contribution in [2.75, 3.05) is 5.32 Å². The highest BCUT2D eigenvalue weighted by Crippen LogP contribution is 2.29. The molecule has 4 rings (SSSR count). The van der Waals surface area contributed by atoms with Crippen LogP contribution in [0.15, 0.2) is 53.0 Å². The Labute approximate surface area is 177 Å². The summed E-state index contributed by atoms with van der Waals surface area (Å²) < 4.78 is 2.72. The second-order valence-electron chi connectivity index (χ2n) is 6.87. The molecule has 4 aromatic rings. The lowest BCUT2D eigenvalue weighted by Gasteiger charge is -2.08. The molecule has 0 aliphatic carbocycles. The number of amides is 1. The molecule has 0 fully saturated rings. The number of aromatic nitrogens is 4. The first-order valence-corrected chi connectivity index (χ1v) is 10.2. The maximum Gasteiger partial charge on any atom is 0.278 e. The number of halogens is 1. The van der Waals surface area contributed by atoms with Gasteiger partial charge in [-0.3, -0.25) is 4.79 Å². The second kappa shape index (κ2) is 7.75. The highest BCUT2D eigenvalue weighted by Gasteiger charge is 2.21. The van der Waals surface area contributed by atoms with E-state index in [1.54, 1.807) is 4.52 Å². The summed E-state index contributed by atoms with van der Waals surface area (Å²) in [6, 6.07) is 15.6. The molecule has 0 unspecified atom stereocenters. The quantitative estimate of drug-likeness (QED) is 0.476. The zero-order chi connectivity index (χ0) is 20.5. The lowest BCUT2D eigenvalue weighted by molar-refractivity contribution is 0.102. The van der Waals surface area contributed by atoms with E-state index in [1.165, 1.54) is 0 Å². The monoisotopic (exact) mass is 449 g/mol. The van der Waals surface area contributed by atoms with Gasteiger partial charge in [0.15, 0.2) is 11.3 Å². The van der Waals surface area contributed by atoms with E-state index >= 15 is 0 Å². The Hall–Kier alpha value is -3.06. The molecule has 146 valence electrons. The maximum atomic E-state index is 12.8. The fourth-order valence-electron chi connectivity index (χ4n) is 3.25. The van der Waals surface area contributed by atoms with Crippen molar-refractivity contribution in [1.82, 2.24) is 19.8 Å². The van der Waals surface area contributed by atoms with Crippen molar-refractivity contribution < 1.29 is 4.79 Å². The van der Waals surface area contributed by atoms with Crippen molar-refractivity contribution in [2.45, 2.75) is 27.2 Å². The van der Waals surface area contributed by atoms with Crippen molar-refractivity contribution in [3.63, 3.8) is 0 Å². The lowest BCUT2D eigenvalue weighted by atomic mass is 10.0. The molecule has 2 heterocycles. The molecule has 0 saturated heterocycles. The number of nitrogens with one attached hydrogen (secondary N) is 1. The van der Waals surface area contributed by atoms with Crippen LogP contribution in [0.5, 0.6) is 0 Å². The summed E-state index contributed by atoms with van der Waals surface area (Å²) >= 11 is 3.47. The largest absolute Gasteiger partial charge is 0.321 e. The number of anilines is 1. The lowest BCUT2D eigenvalue weighted by Crippen LogP contribution is -2.18. The number of hydrogen-bond acceptors (Lipinski definition) is 4. The van der Waals surface area contributed by atoms with Crippen LogP contribution in [-0.4, -0.2) is 25.7 Å². The Kier molecular flexibility index (Phi) is 5.15. The van der Waals surface area contributed by atoms with E-state index in [0.29, 0.717) is 17.0 Å². The van der Waals surface area contributed by atoms with Crippen LogP contribution in [0.2, 0.25) is 0 Å². The number of hydrogen-bond donors (Lipinski definition) is 1. The molecule has 0 aliphatic rings. The van der Waals surface area contributed by atoms with Crippen LogP contribution in [0.1, 0.15) is 34.4 Å². The number of benzene rings is 2. The predicted octanol–water partition coefficient (Wildman–Crippen LogP) is 4.99. The number of rotatable bonds is 4. The average molecular weight is 450 g/mol. The maximum absolute atomic E-state index is 12.8. The second-order valence-corrected chi connectivity index (χ2v) is 7.79. The van der Waals surface area contributed by atoms with Crippen LogP contribution >= 0.6 is 15.9 Å². The summed E-state index contributed by atoms with van der Waals surface area (Å²) in [6.07, 6.45) is 0.749. The summed E-state index contributed by atoms with van der Waals surface area (Å²) in [5, 5.41) is 16.2. The van der Waals surface area contributed by atoms with Crippen molar-refractivity contribution >= 4 is 33.2 Å². The fraction of sp³-hybridized carbons (Fsp3) is 0.182. The van der Waals surface area contributed by atoms with Crippen LogP contribution in [0.4, 0.5) is 5.69 Å². The molecule has 0 spiro atoms. The normalized spacial score (nSPS) is 11.0. The Morgan fingerprint density at radius 2 is 1.72 bits per heavy atom.